The van der Waals surface area contributed by atoms with E-state index in [0.717, 1.165) is 0 Å². The second kappa shape index (κ2) is 8.52. The summed E-state index contributed by atoms with van der Waals surface area (Å²) in [5.41, 5.74) is -0.0418. The molecule has 1 saturated heterocycles. The van der Waals surface area contributed by atoms with Crippen LogP contribution in [0.1, 0.15) is 19.3 Å². The summed E-state index contributed by atoms with van der Waals surface area (Å²) in [5, 5.41) is 23.5. The standard InChI is InChI=1S/C14H15F2N5O3S3/c15-8(16)3-9(25)18-11-6-1-2-7(12(14(23)24)21(6)13(11)22)26-5-27-10-4-17-20-19-10/h4,6,8,11H,1-3,5H2,(H,18,25)(H,23,24)(H,17,19,20)/t6-,11+/m1/s1. The van der Waals surface area contributed by atoms with Crippen LogP contribution >= 0.6 is 35.7 Å². The first kappa shape index (κ1) is 20.0. The lowest BCUT2D eigenvalue weighted by Gasteiger charge is -2.50. The van der Waals surface area contributed by atoms with Gasteiger partial charge in [-0.05, 0) is 12.8 Å². The molecule has 2 aliphatic rings. The first-order valence-corrected chi connectivity index (χ1v) is 10.2. The van der Waals surface area contributed by atoms with E-state index in [-0.39, 0.29) is 10.7 Å². The highest BCUT2D eigenvalue weighted by molar-refractivity contribution is 8.17. The molecule has 1 aromatic rings. The van der Waals surface area contributed by atoms with Gasteiger partial charge in [0.15, 0.2) is 0 Å². The number of hydrogen-bond donors (Lipinski definition) is 3. The number of carbonyl (C=O) groups is 2. The number of β-lactam (4-membered cyclic amide) rings is 1. The van der Waals surface area contributed by atoms with Crippen LogP contribution in [0.2, 0.25) is 0 Å². The third kappa shape index (κ3) is 4.41. The van der Waals surface area contributed by atoms with E-state index < -0.39 is 36.8 Å². The minimum absolute atomic E-state index is 0.0418. The number of aliphatic carboxylic acids is 1. The molecule has 1 amide bonds. The number of nitrogens with zero attached hydrogens (tertiary/aromatic N) is 3. The third-order valence-corrected chi connectivity index (χ3v) is 6.55. The molecule has 0 aliphatic carbocycles. The van der Waals surface area contributed by atoms with Gasteiger partial charge in [0, 0.05) is 4.91 Å². The minimum Gasteiger partial charge on any atom is -0.477 e. The predicted molar refractivity (Wildman–Crippen MR) is 99.4 cm³/mol. The van der Waals surface area contributed by atoms with Crippen LogP contribution in [0.25, 0.3) is 0 Å². The average molecular weight is 436 g/mol. The van der Waals surface area contributed by atoms with Crippen LogP contribution in [0.5, 0.6) is 0 Å². The number of carboxylic acids is 1. The highest BCUT2D eigenvalue weighted by Gasteiger charge is 2.53. The molecule has 1 fully saturated rings. The highest BCUT2D eigenvalue weighted by atomic mass is 32.2. The molecule has 13 heteroatoms. The molecule has 0 aromatic carbocycles. The Morgan fingerprint density at radius 1 is 1.52 bits per heavy atom. The normalized spacial score (nSPS) is 21.9. The van der Waals surface area contributed by atoms with E-state index in [2.05, 4.69) is 20.7 Å². The molecule has 2 aliphatic heterocycles. The molecule has 0 saturated carbocycles. The van der Waals surface area contributed by atoms with Crippen molar-refractivity contribution in [1.82, 2.24) is 25.6 Å². The summed E-state index contributed by atoms with van der Waals surface area (Å²) in [6.45, 7) is 0. The number of carboxylic acid groups (broad SMARTS) is 1. The number of alkyl halides is 2. The summed E-state index contributed by atoms with van der Waals surface area (Å²) in [4.78, 5) is 25.9. The van der Waals surface area contributed by atoms with Crippen molar-refractivity contribution in [3.8, 4) is 0 Å². The molecular formula is C14H15F2N5O3S3. The molecule has 0 unspecified atom stereocenters. The van der Waals surface area contributed by atoms with Crippen molar-refractivity contribution in [2.45, 2.75) is 42.8 Å². The largest absolute Gasteiger partial charge is 0.477 e. The van der Waals surface area contributed by atoms with Crippen LogP contribution < -0.4 is 5.32 Å². The number of aromatic amines is 1. The molecular weight excluding hydrogens is 420 g/mol. The first-order chi connectivity index (χ1) is 12.9. The molecule has 3 rings (SSSR count). The van der Waals surface area contributed by atoms with Crippen LogP contribution in [0.3, 0.4) is 0 Å². The van der Waals surface area contributed by atoms with Crippen molar-refractivity contribution < 1.29 is 23.5 Å². The number of allylic oxidation sites excluding steroid dienone is 1. The van der Waals surface area contributed by atoms with Gasteiger partial charge in [-0.25, -0.2) is 13.6 Å². The van der Waals surface area contributed by atoms with Gasteiger partial charge < -0.3 is 10.4 Å². The van der Waals surface area contributed by atoms with Crippen molar-refractivity contribution in [3.05, 3.63) is 16.8 Å². The van der Waals surface area contributed by atoms with Crippen molar-refractivity contribution in [1.29, 1.82) is 0 Å². The highest BCUT2D eigenvalue weighted by Crippen LogP contribution is 2.42. The van der Waals surface area contributed by atoms with Gasteiger partial charge in [0.1, 0.15) is 16.8 Å². The second-order valence-electron chi connectivity index (χ2n) is 5.75. The van der Waals surface area contributed by atoms with E-state index in [9.17, 15) is 23.5 Å². The van der Waals surface area contributed by atoms with Crippen molar-refractivity contribution in [2.24, 2.45) is 0 Å². The van der Waals surface area contributed by atoms with Gasteiger partial charge in [-0.1, -0.05) is 24.0 Å². The van der Waals surface area contributed by atoms with E-state index >= 15 is 0 Å². The zero-order chi connectivity index (χ0) is 19.6. The number of thioether (sulfide) groups is 2. The molecule has 3 heterocycles. The van der Waals surface area contributed by atoms with Gasteiger partial charge in [-0.2, -0.15) is 10.3 Å². The number of amides is 1. The molecule has 27 heavy (non-hydrogen) atoms. The Balaban J connectivity index is 1.66. The van der Waals surface area contributed by atoms with E-state index in [1.54, 1.807) is 6.20 Å². The number of halogens is 2. The second-order valence-corrected chi connectivity index (χ2v) is 8.67. The van der Waals surface area contributed by atoms with Crippen molar-refractivity contribution in [2.75, 3.05) is 5.08 Å². The lowest BCUT2D eigenvalue weighted by molar-refractivity contribution is -0.153. The topological polar surface area (TPSA) is 111 Å². The number of hydrogen-bond acceptors (Lipinski definition) is 7. The molecule has 0 radical (unpaired) electrons. The fourth-order valence-corrected chi connectivity index (χ4v) is 5.32. The SMILES string of the molecule is O=C(O)C1=C(SCSc2cn[nH]n2)CC[C@@H]2[C@H](NC(=S)CC(F)F)C(=O)N12. The number of H-pyrrole nitrogens is 1. The summed E-state index contributed by atoms with van der Waals surface area (Å²) in [6, 6.07) is -1.14. The average Bonchev–Trinajstić information content (AvgIpc) is 3.11. The van der Waals surface area contributed by atoms with Crippen LogP contribution in [-0.2, 0) is 9.59 Å². The summed E-state index contributed by atoms with van der Waals surface area (Å²) < 4.78 is 24.8. The van der Waals surface area contributed by atoms with Gasteiger partial charge in [-0.15, -0.1) is 16.9 Å². The fraction of sp³-hybridized carbons (Fsp3) is 0.500. The molecule has 2 atom stereocenters. The van der Waals surface area contributed by atoms with Crippen LogP contribution in [0.15, 0.2) is 21.8 Å². The smallest absolute Gasteiger partial charge is 0.353 e. The van der Waals surface area contributed by atoms with Gasteiger partial charge >= 0.3 is 5.97 Å². The van der Waals surface area contributed by atoms with Gasteiger partial charge in [-0.3, -0.25) is 9.69 Å². The van der Waals surface area contributed by atoms with E-state index in [1.165, 1.54) is 28.4 Å². The summed E-state index contributed by atoms with van der Waals surface area (Å²) in [5.74, 6) is -1.65. The lowest BCUT2D eigenvalue weighted by atomic mass is 9.86. The number of nitrogens with one attached hydrogen (secondary N) is 2. The number of carbonyl (C=O) groups excluding carboxylic acids is 1. The van der Waals surface area contributed by atoms with Crippen molar-refractivity contribution in [3.63, 3.8) is 0 Å². The maximum Gasteiger partial charge on any atom is 0.353 e. The maximum absolute atomic E-state index is 12.4. The number of rotatable bonds is 8. The number of aromatic nitrogens is 3. The summed E-state index contributed by atoms with van der Waals surface area (Å²) >= 11 is 7.58. The van der Waals surface area contributed by atoms with Crippen LogP contribution in [-0.4, -0.2) is 65.9 Å². The Bertz CT molecular complexity index is 774. The number of thiocarbonyl (C=S) groups is 1. The van der Waals surface area contributed by atoms with E-state index in [4.69, 9.17) is 12.2 Å². The molecule has 0 spiro atoms. The van der Waals surface area contributed by atoms with Gasteiger partial charge in [0.2, 0.25) is 6.43 Å². The molecule has 0 bridgehead atoms. The predicted octanol–water partition coefficient (Wildman–Crippen LogP) is 1.83. The Morgan fingerprint density at radius 3 is 2.93 bits per heavy atom. The van der Waals surface area contributed by atoms with E-state index in [0.29, 0.717) is 27.9 Å². The summed E-state index contributed by atoms with van der Waals surface area (Å²) in [6.07, 6.45) is -0.628. The minimum atomic E-state index is -2.60. The number of fused-ring (bicyclic) bond motifs is 1. The Kier molecular flexibility index (Phi) is 6.32. The maximum atomic E-state index is 12.4. The quantitative estimate of drug-likeness (QED) is 0.244. The molecule has 8 nitrogen and oxygen atoms in total. The van der Waals surface area contributed by atoms with Crippen LogP contribution in [0.4, 0.5) is 8.78 Å². The zero-order valence-corrected chi connectivity index (χ0v) is 16.2. The Hall–Kier alpha value is -1.73. The van der Waals surface area contributed by atoms with Crippen LogP contribution in [0, 0.1) is 0 Å². The molecule has 1 aromatic heterocycles. The molecule has 3 N–H and O–H groups in total. The Morgan fingerprint density at radius 2 is 2.30 bits per heavy atom. The van der Waals surface area contributed by atoms with Gasteiger partial charge in [0.25, 0.3) is 5.91 Å². The Labute approximate surface area is 166 Å². The monoisotopic (exact) mass is 435 g/mol. The van der Waals surface area contributed by atoms with Gasteiger partial charge in [0.05, 0.1) is 28.7 Å². The van der Waals surface area contributed by atoms with E-state index in [1.807, 2.05) is 0 Å². The molecule has 146 valence electrons. The zero-order valence-electron chi connectivity index (χ0n) is 13.7. The fourth-order valence-electron chi connectivity index (χ4n) is 2.96. The third-order valence-electron chi connectivity index (χ3n) is 4.08. The van der Waals surface area contributed by atoms with Crippen molar-refractivity contribution >= 4 is 52.6 Å². The summed E-state index contributed by atoms with van der Waals surface area (Å²) in [7, 11) is 0. The lowest BCUT2D eigenvalue weighted by Crippen LogP contribution is -2.71. The first-order valence-electron chi connectivity index (χ1n) is 7.87.